The number of halogens is 2. The fourth-order valence-corrected chi connectivity index (χ4v) is 3.23. The predicted molar refractivity (Wildman–Crippen MR) is 89.1 cm³/mol. The van der Waals surface area contributed by atoms with E-state index >= 15 is 0 Å². The number of piperidine rings is 1. The van der Waals surface area contributed by atoms with Crippen LogP contribution in [0.3, 0.4) is 0 Å². The van der Waals surface area contributed by atoms with Gasteiger partial charge in [0, 0.05) is 30.7 Å². The van der Waals surface area contributed by atoms with E-state index in [9.17, 15) is 4.39 Å². The Labute approximate surface area is 139 Å². The summed E-state index contributed by atoms with van der Waals surface area (Å²) >= 11 is 1.54. The average Bonchev–Trinajstić information content (AvgIpc) is 2.89. The Morgan fingerprint density at radius 3 is 2.55 bits per heavy atom. The van der Waals surface area contributed by atoms with Gasteiger partial charge in [-0.1, -0.05) is 0 Å². The molecule has 0 atom stereocenters. The molecule has 0 bridgehead atoms. The Morgan fingerprint density at radius 1 is 1.27 bits per heavy atom. The van der Waals surface area contributed by atoms with E-state index in [2.05, 4.69) is 9.88 Å². The molecule has 0 radical (unpaired) electrons. The number of anilines is 1. The summed E-state index contributed by atoms with van der Waals surface area (Å²) in [6.45, 7) is 2.88. The zero-order valence-electron chi connectivity index (χ0n) is 12.1. The number of thiazole rings is 1. The number of aromatic nitrogens is 1. The van der Waals surface area contributed by atoms with Crippen LogP contribution in [-0.4, -0.2) is 29.1 Å². The lowest BCUT2D eigenvalue weighted by Gasteiger charge is -2.31. The van der Waals surface area contributed by atoms with Crippen molar-refractivity contribution in [1.82, 2.24) is 9.88 Å². The molecule has 7 heteroatoms. The van der Waals surface area contributed by atoms with Crippen LogP contribution in [0.4, 0.5) is 9.52 Å². The fourth-order valence-electron chi connectivity index (χ4n) is 2.51. The Balaban J connectivity index is 0.00000176. The van der Waals surface area contributed by atoms with Crippen LogP contribution in [0.1, 0.15) is 17.7 Å². The maximum atomic E-state index is 12.8. The lowest BCUT2D eigenvalue weighted by molar-refractivity contribution is 0.0972. The van der Waals surface area contributed by atoms with E-state index < -0.39 is 0 Å². The van der Waals surface area contributed by atoms with Crippen molar-refractivity contribution in [1.29, 1.82) is 0 Å². The zero-order valence-corrected chi connectivity index (χ0v) is 13.7. The van der Waals surface area contributed by atoms with Crippen LogP contribution in [0, 0.1) is 5.82 Å². The third-order valence-electron chi connectivity index (χ3n) is 3.60. The normalized spacial score (nSPS) is 16.2. The van der Waals surface area contributed by atoms with Crippen LogP contribution in [0.5, 0.6) is 5.75 Å². The van der Waals surface area contributed by atoms with E-state index in [1.807, 2.05) is 6.20 Å². The standard InChI is InChI=1S/C15H18FN3OS.ClH/c16-11-1-3-12(4-2-11)20-13-5-7-19(8-6-13)10-14-9-18-15(17)21-14;/h1-4,9,13H,5-8,10H2,(H2,17,18);1H. The maximum Gasteiger partial charge on any atom is 0.180 e. The second-order valence-corrected chi connectivity index (χ2v) is 6.36. The SMILES string of the molecule is Cl.Nc1ncc(CN2CCC(Oc3ccc(F)cc3)CC2)s1. The molecule has 1 fully saturated rings. The quantitative estimate of drug-likeness (QED) is 0.925. The van der Waals surface area contributed by atoms with Gasteiger partial charge >= 0.3 is 0 Å². The molecule has 1 aliphatic rings. The number of nitrogen functional groups attached to an aromatic ring is 1. The number of hydrogen-bond acceptors (Lipinski definition) is 5. The average molecular weight is 344 g/mol. The van der Waals surface area contributed by atoms with Crippen LogP contribution in [0.2, 0.25) is 0 Å². The third-order valence-corrected chi connectivity index (χ3v) is 4.41. The maximum absolute atomic E-state index is 12.8. The van der Waals surface area contributed by atoms with Gasteiger partial charge in [-0.15, -0.1) is 23.7 Å². The molecule has 2 N–H and O–H groups in total. The summed E-state index contributed by atoms with van der Waals surface area (Å²) in [4.78, 5) is 7.66. The van der Waals surface area contributed by atoms with Crippen LogP contribution < -0.4 is 10.5 Å². The molecule has 120 valence electrons. The van der Waals surface area contributed by atoms with Gasteiger partial charge in [0.15, 0.2) is 5.13 Å². The van der Waals surface area contributed by atoms with Crippen molar-refractivity contribution in [2.45, 2.75) is 25.5 Å². The first kappa shape index (κ1) is 17.0. The molecule has 1 aromatic carbocycles. The minimum Gasteiger partial charge on any atom is -0.490 e. The van der Waals surface area contributed by atoms with Gasteiger partial charge in [-0.25, -0.2) is 9.37 Å². The van der Waals surface area contributed by atoms with Crippen molar-refractivity contribution >= 4 is 28.9 Å². The van der Waals surface area contributed by atoms with Gasteiger partial charge in [-0.05, 0) is 37.1 Å². The van der Waals surface area contributed by atoms with Gasteiger partial charge in [-0.3, -0.25) is 4.90 Å². The molecule has 1 saturated heterocycles. The Bertz CT molecular complexity index is 585. The number of benzene rings is 1. The highest BCUT2D eigenvalue weighted by atomic mass is 35.5. The molecule has 1 aliphatic heterocycles. The van der Waals surface area contributed by atoms with Gasteiger partial charge in [0.05, 0.1) is 0 Å². The van der Waals surface area contributed by atoms with Crippen molar-refractivity contribution < 1.29 is 9.13 Å². The number of hydrogen-bond donors (Lipinski definition) is 1. The summed E-state index contributed by atoms with van der Waals surface area (Å²) in [5, 5.41) is 0.625. The minimum absolute atomic E-state index is 0. The van der Waals surface area contributed by atoms with E-state index in [1.165, 1.54) is 17.0 Å². The van der Waals surface area contributed by atoms with E-state index in [1.54, 1.807) is 23.5 Å². The Morgan fingerprint density at radius 2 is 1.95 bits per heavy atom. The summed E-state index contributed by atoms with van der Waals surface area (Å²) in [6, 6.07) is 6.22. The molecule has 2 heterocycles. The van der Waals surface area contributed by atoms with Crippen LogP contribution in [0.25, 0.3) is 0 Å². The molecular formula is C15H19ClFN3OS. The molecule has 0 unspecified atom stereocenters. The number of nitrogens with two attached hydrogens (primary N) is 1. The third kappa shape index (κ3) is 4.56. The molecule has 4 nitrogen and oxygen atoms in total. The number of ether oxygens (including phenoxy) is 1. The summed E-state index contributed by atoms with van der Waals surface area (Å²) in [7, 11) is 0. The van der Waals surface area contributed by atoms with Crippen molar-refractivity contribution in [3.8, 4) is 5.75 Å². The minimum atomic E-state index is -0.235. The van der Waals surface area contributed by atoms with E-state index in [0.29, 0.717) is 5.13 Å². The van der Waals surface area contributed by atoms with E-state index in [-0.39, 0.29) is 24.3 Å². The molecule has 2 aromatic rings. The van der Waals surface area contributed by atoms with Gasteiger partial charge < -0.3 is 10.5 Å². The summed E-state index contributed by atoms with van der Waals surface area (Å²) in [6.07, 6.45) is 4.01. The van der Waals surface area contributed by atoms with Gasteiger partial charge in [0.2, 0.25) is 0 Å². The molecular weight excluding hydrogens is 325 g/mol. The molecule has 0 spiro atoms. The summed E-state index contributed by atoms with van der Waals surface area (Å²) < 4.78 is 18.7. The fraction of sp³-hybridized carbons (Fsp3) is 0.400. The highest BCUT2D eigenvalue weighted by molar-refractivity contribution is 7.15. The lowest BCUT2D eigenvalue weighted by Crippen LogP contribution is -2.37. The molecule has 3 rings (SSSR count). The van der Waals surface area contributed by atoms with Gasteiger partial charge in [0.25, 0.3) is 0 Å². The first-order valence-corrected chi connectivity index (χ1v) is 7.85. The highest BCUT2D eigenvalue weighted by Gasteiger charge is 2.21. The predicted octanol–water partition coefficient (Wildman–Crippen LogP) is 3.33. The highest BCUT2D eigenvalue weighted by Crippen LogP contribution is 2.22. The number of likely N-dealkylation sites (tertiary alicyclic amines) is 1. The van der Waals surface area contributed by atoms with Crippen LogP contribution in [0.15, 0.2) is 30.5 Å². The molecule has 0 aliphatic carbocycles. The Hall–Kier alpha value is -1.37. The number of rotatable bonds is 4. The number of nitrogens with zero attached hydrogens (tertiary/aromatic N) is 2. The first-order valence-electron chi connectivity index (χ1n) is 7.04. The lowest BCUT2D eigenvalue weighted by atomic mass is 10.1. The second-order valence-electron chi connectivity index (χ2n) is 5.21. The molecule has 0 amide bonds. The Kier molecular flexibility index (Phi) is 5.99. The van der Waals surface area contributed by atoms with Gasteiger partial charge in [-0.2, -0.15) is 0 Å². The monoisotopic (exact) mass is 343 g/mol. The van der Waals surface area contributed by atoms with Crippen molar-refractivity contribution in [3.05, 3.63) is 41.2 Å². The molecule has 22 heavy (non-hydrogen) atoms. The molecule has 1 aromatic heterocycles. The first-order chi connectivity index (χ1) is 10.2. The van der Waals surface area contributed by atoms with Crippen LogP contribution >= 0.6 is 23.7 Å². The summed E-state index contributed by atoms with van der Waals surface area (Å²) in [5.41, 5.74) is 5.64. The van der Waals surface area contributed by atoms with Crippen LogP contribution in [-0.2, 0) is 6.54 Å². The van der Waals surface area contributed by atoms with Crippen molar-refractivity contribution in [3.63, 3.8) is 0 Å². The van der Waals surface area contributed by atoms with E-state index in [4.69, 9.17) is 10.5 Å². The zero-order chi connectivity index (χ0) is 14.7. The largest absolute Gasteiger partial charge is 0.490 e. The van der Waals surface area contributed by atoms with E-state index in [0.717, 1.165) is 38.2 Å². The van der Waals surface area contributed by atoms with Crippen molar-refractivity contribution in [2.24, 2.45) is 0 Å². The van der Waals surface area contributed by atoms with Crippen molar-refractivity contribution in [2.75, 3.05) is 18.8 Å². The molecule has 0 saturated carbocycles. The second kappa shape index (κ2) is 7.76. The topological polar surface area (TPSA) is 51.4 Å². The smallest absolute Gasteiger partial charge is 0.180 e. The summed E-state index contributed by atoms with van der Waals surface area (Å²) in [5.74, 6) is 0.506. The van der Waals surface area contributed by atoms with Gasteiger partial charge in [0.1, 0.15) is 17.7 Å².